The third-order valence-corrected chi connectivity index (χ3v) is 7.62. The molecule has 2 aliphatic rings. The number of rotatable bonds is 4. The van der Waals surface area contributed by atoms with Crippen molar-refractivity contribution in [2.24, 2.45) is 0 Å². The lowest BCUT2D eigenvalue weighted by molar-refractivity contribution is -0.137. The molecule has 1 saturated carbocycles. The minimum atomic E-state index is -4.59. The van der Waals surface area contributed by atoms with Gasteiger partial charge in [-0.15, -0.1) is 0 Å². The van der Waals surface area contributed by atoms with Crippen LogP contribution < -0.4 is 0 Å². The van der Waals surface area contributed by atoms with E-state index in [-0.39, 0.29) is 42.7 Å². The molecule has 0 atom stereocenters. The molecule has 2 aromatic rings. The third kappa shape index (κ3) is 4.04. The molecule has 0 unspecified atom stereocenters. The molecule has 1 aromatic heterocycles. The summed E-state index contributed by atoms with van der Waals surface area (Å²) in [5.41, 5.74) is -0.729. The predicted octanol–water partition coefficient (Wildman–Crippen LogP) is 2.75. The Labute approximate surface area is 166 Å². The summed E-state index contributed by atoms with van der Waals surface area (Å²) < 4.78 is 67.6. The van der Waals surface area contributed by atoms with Crippen LogP contribution in [-0.2, 0) is 16.2 Å². The summed E-state index contributed by atoms with van der Waals surface area (Å²) in [7, 11) is -3.32. The Morgan fingerprint density at radius 2 is 1.59 bits per heavy atom. The maximum absolute atomic E-state index is 13.4. The Morgan fingerprint density at radius 3 is 2.14 bits per heavy atom. The molecule has 1 saturated heterocycles. The average molecular weight is 427 g/mol. The number of nitrogens with zero attached hydrogens (tertiary/aromatic N) is 3. The molecule has 0 N–H and O–H groups in total. The summed E-state index contributed by atoms with van der Waals surface area (Å²) in [5.74, 6) is -0.534. The molecule has 0 spiro atoms. The van der Waals surface area contributed by atoms with Crippen molar-refractivity contribution < 1.29 is 26.4 Å². The van der Waals surface area contributed by atoms with Crippen LogP contribution >= 0.6 is 0 Å². The Morgan fingerprint density at radius 1 is 0.966 bits per heavy atom. The number of benzene rings is 1. The Hall–Kier alpha value is -2.33. The molecule has 2 fully saturated rings. The quantitative estimate of drug-likeness (QED) is 0.754. The lowest BCUT2D eigenvalue weighted by atomic mass is 10.1. The molecule has 10 heteroatoms. The van der Waals surface area contributed by atoms with Crippen molar-refractivity contribution in [2.75, 3.05) is 26.2 Å². The first kappa shape index (κ1) is 20.0. The fourth-order valence-corrected chi connectivity index (χ4v) is 5.28. The van der Waals surface area contributed by atoms with E-state index in [9.17, 15) is 26.4 Å². The number of amides is 1. The largest absolute Gasteiger partial charge is 0.416 e. The highest BCUT2D eigenvalue weighted by atomic mass is 32.2. The zero-order valence-electron chi connectivity index (χ0n) is 15.5. The SMILES string of the molecule is O=C(c1cc(-n2cccc2)cc(C(F)(F)F)c1)N1CCN(S(=O)(=O)C2CC2)CC1. The van der Waals surface area contributed by atoms with Crippen LogP contribution in [0.4, 0.5) is 13.2 Å². The van der Waals surface area contributed by atoms with Crippen molar-refractivity contribution in [1.29, 1.82) is 0 Å². The lowest BCUT2D eigenvalue weighted by Gasteiger charge is -2.34. The zero-order chi connectivity index (χ0) is 20.8. The van der Waals surface area contributed by atoms with Crippen molar-refractivity contribution in [1.82, 2.24) is 13.8 Å². The number of carbonyl (C=O) groups is 1. The first-order valence-corrected chi connectivity index (χ1v) is 10.8. The van der Waals surface area contributed by atoms with Gasteiger partial charge in [-0.05, 0) is 43.2 Å². The number of alkyl halides is 3. The molecule has 1 aliphatic heterocycles. The standard InChI is InChI=1S/C19H20F3N3O3S/c20-19(21,22)15-11-14(12-16(13-15)23-5-1-2-6-23)18(26)24-7-9-25(10-8-24)29(27,28)17-3-4-17/h1-2,5-6,11-13,17H,3-4,7-10H2. The van der Waals surface area contributed by atoms with Crippen molar-refractivity contribution in [2.45, 2.75) is 24.3 Å². The smallest absolute Gasteiger partial charge is 0.336 e. The molecule has 1 amide bonds. The van der Waals surface area contributed by atoms with Crippen LogP contribution in [0.25, 0.3) is 5.69 Å². The summed E-state index contributed by atoms with van der Waals surface area (Å²) >= 11 is 0. The van der Waals surface area contributed by atoms with Gasteiger partial charge in [0.2, 0.25) is 10.0 Å². The van der Waals surface area contributed by atoms with E-state index in [1.807, 2.05) is 0 Å². The minimum absolute atomic E-state index is 0.0676. The minimum Gasteiger partial charge on any atom is -0.336 e. The van der Waals surface area contributed by atoms with E-state index in [0.29, 0.717) is 12.8 Å². The van der Waals surface area contributed by atoms with Crippen LogP contribution in [0, 0.1) is 0 Å². The molecule has 0 radical (unpaired) electrons. The van der Waals surface area contributed by atoms with E-state index in [0.717, 1.165) is 12.1 Å². The Bertz CT molecular complexity index is 1010. The average Bonchev–Trinajstić information content (AvgIpc) is 3.42. The van der Waals surface area contributed by atoms with Gasteiger partial charge in [-0.1, -0.05) is 0 Å². The van der Waals surface area contributed by atoms with Gasteiger partial charge in [-0.2, -0.15) is 17.5 Å². The molecule has 2 heterocycles. The van der Waals surface area contributed by atoms with Gasteiger partial charge in [0.15, 0.2) is 0 Å². The van der Waals surface area contributed by atoms with Crippen molar-refractivity contribution in [3.63, 3.8) is 0 Å². The van der Waals surface area contributed by atoms with Crippen LogP contribution in [-0.4, -0.2) is 59.5 Å². The molecular weight excluding hydrogens is 407 g/mol. The maximum atomic E-state index is 13.4. The fraction of sp³-hybridized carbons (Fsp3) is 0.421. The second kappa shape index (κ2) is 7.17. The Balaban J connectivity index is 1.56. The van der Waals surface area contributed by atoms with Crippen LogP contribution in [0.5, 0.6) is 0 Å². The topological polar surface area (TPSA) is 62.6 Å². The second-order valence-electron chi connectivity index (χ2n) is 7.29. The van der Waals surface area contributed by atoms with Gasteiger partial charge < -0.3 is 9.47 Å². The number of sulfonamides is 1. The first-order valence-electron chi connectivity index (χ1n) is 9.30. The highest BCUT2D eigenvalue weighted by Gasteiger charge is 2.41. The van der Waals surface area contributed by atoms with Gasteiger partial charge in [0.05, 0.1) is 10.8 Å². The van der Waals surface area contributed by atoms with Gasteiger partial charge in [0, 0.05) is 49.8 Å². The van der Waals surface area contributed by atoms with Crippen LogP contribution in [0.2, 0.25) is 0 Å². The second-order valence-corrected chi connectivity index (χ2v) is 9.51. The lowest BCUT2D eigenvalue weighted by Crippen LogP contribution is -2.51. The van der Waals surface area contributed by atoms with Crippen molar-refractivity contribution in [3.8, 4) is 5.69 Å². The summed E-state index contributed by atoms with van der Waals surface area (Å²) in [4.78, 5) is 14.3. The van der Waals surface area contributed by atoms with Crippen LogP contribution in [0.15, 0.2) is 42.7 Å². The van der Waals surface area contributed by atoms with Crippen LogP contribution in [0.1, 0.15) is 28.8 Å². The van der Waals surface area contributed by atoms with Gasteiger partial charge in [-0.3, -0.25) is 4.79 Å². The van der Waals surface area contributed by atoms with E-state index in [2.05, 4.69) is 0 Å². The first-order chi connectivity index (χ1) is 13.7. The molecule has 1 aliphatic carbocycles. The normalized spacial score (nSPS) is 18.8. The fourth-order valence-electron chi connectivity index (χ4n) is 3.46. The molecule has 6 nitrogen and oxygen atoms in total. The molecule has 156 valence electrons. The van der Waals surface area contributed by atoms with Crippen LogP contribution in [0.3, 0.4) is 0 Å². The third-order valence-electron chi connectivity index (χ3n) is 5.23. The van der Waals surface area contributed by atoms with Gasteiger partial charge in [0.25, 0.3) is 5.91 Å². The van der Waals surface area contributed by atoms with E-state index in [1.54, 1.807) is 24.5 Å². The number of carbonyl (C=O) groups excluding carboxylic acids is 1. The number of halogens is 3. The number of piperazine rings is 1. The summed E-state index contributed by atoms with van der Waals surface area (Å²) in [6, 6.07) is 6.63. The summed E-state index contributed by atoms with van der Waals surface area (Å²) in [6.45, 7) is 0.627. The van der Waals surface area contributed by atoms with E-state index >= 15 is 0 Å². The van der Waals surface area contributed by atoms with Crippen molar-refractivity contribution >= 4 is 15.9 Å². The number of aromatic nitrogens is 1. The molecule has 29 heavy (non-hydrogen) atoms. The highest BCUT2D eigenvalue weighted by molar-refractivity contribution is 7.90. The van der Waals surface area contributed by atoms with Gasteiger partial charge in [0.1, 0.15) is 0 Å². The summed E-state index contributed by atoms with van der Waals surface area (Å²) in [5, 5.41) is -0.322. The highest BCUT2D eigenvalue weighted by Crippen LogP contribution is 2.33. The Kier molecular flexibility index (Phi) is 4.94. The zero-order valence-corrected chi connectivity index (χ0v) is 16.3. The van der Waals surface area contributed by atoms with Gasteiger partial charge >= 0.3 is 6.18 Å². The molecular formula is C19H20F3N3O3S. The monoisotopic (exact) mass is 427 g/mol. The molecule has 1 aromatic carbocycles. The van der Waals surface area contributed by atoms with E-state index in [4.69, 9.17) is 0 Å². The van der Waals surface area contributed by atoms with E-state index < -0.39 is 27.7 Å². The summed E-state index contributed by atoms with van der Waals surface area (Å²) in [6.07, 6.45) is -0.0620. The number of hydrogen-bond acceptors (Lipinski definition) is 3. The number of hydrogen-bond donors (Lipinski definition) is 0. The van der Waals surface area contributed by atoms with Crippen molar-refractivity contribution in [3.05, 3.63) is 53.9 Å². The van der Waals surface area contributed by atoms with Gasteiger partial charge in [-0.25, -0.2) is 8.42 Å². The molecule has 0 bridgehead atoms. The molecule has 4 rings (SSSR count). The predicted molar refractivity (Wildman–Crippen MR) is 100 cm³/mol. The van der Waals surface area contributed by atoms with E-state index in [1.165, 1.54) is 19.8 Å². The maximum Gasteiger partial charge on any atom is 0.416 e.